The summed E-state index contributed by atoms with van der Waals surface area (Å²) < 4.78 is 9.19. The van der Waals surface area contributed by atoms with E-state index in [2.05, 4.69) is 15.2 Å². The zero-order valence-corrected chi connectivity index (χ0v) is 20.6. The molecule has 0 aliphatic rings. The molecule has 0 unspecified atom stereocenters. The first-order valence-corrected chi connectivity index (χ1v) is 12.0. The molecule has 0 aliphatic carbocycles. The maximum atomic E-state index is 13.2. The van der Waals surface area contributed by atoms with E-state index in [1.54, 1.807) is 19.5 Å². The number of aromatic nitrogens is 6. The van der Waals surface area contributed by atoms with Crippen LogP contribution in [0.15, 0.2) is 69.6 Å². The number of carbonyl (C=O) groups is 1. The van der Waals surface area contributed by atoms with Gasteiger partial charge in [-0.2, -0.15) is 0 Å². The molecule has 4 aromatic rings. The molecule has 0 radical (unpaired) electrons. The van der Waals surface area contributed by atoms with Crippen molar-refractivity contribution < 1.29 is 9.53 Å². The topological polar surface area (TPSA) is 140 Å². The fraction of sp³-hybridized carbons (Fsp3) is 0.250. The number of nitrogens with zero attached hydrogens (tertiary/aromatic N) is 6. The van der Waals surface area contributed by atoms with Gasteiger partial charge >= 0.3 is 5.69 Å². The van der Waals surface area contributed by atoms with E-state index in [-0.39, 0.29) is 23.7 Å². The molecule has 0 aliphatic heterocycles. The van der Waals surface area contributed by atoms with Gasteiger partial charge in [0.25, 0.3) is 5.56 Å². The molecule has 0 amide bonds. The highest BCUT2D eigenvalue weighted by Crippen LogP contribution is 2.24. The minimum absolute atomic E-state index is 0.121. The van der Waals surface area contributed by atoms with Gasteiger partial charge in [-0.05, 0) is 17.7 Å². The number of nitrogens with two attached hydrogens (primary N) is 1. The van der Waals surface area contributed by atoms with Gasteiger partial charge in [0.2, 0.25) is 0 Å². The summed E-state index contributed by atoms with van der Waals surface area (Å²) in [5, 5.41) is 9.00. The van der Waals surface area contributed by atoms with Crippen LogP contribution in [0.5, 0.6) is 0 Å². The zero-order valence-electron chi connectivity index (χ0n) is 19.8. The van der Waals surface area contributed by atoms with E-state index < -0.39 is 17.0 Å². The van der Waals surface area contributed by atoms with Crippen molar-refractivity contribution in [2.24, 2.45) is 7.05 Å². The average Bonchev–Trinajstić information content (AvgIpc) is 3.31. The van der Waals surface area contributed by atoms with Crippen molar-refractivity contribution in [3.63, 3.8) is 0 Å². The van der Waals surface area contributed by atoms with Gasteiger partial charge in [0, 0.05) is 32.1 Å². The molecular weight excluding hydrogens is 482 g/mol. The summed E-state index contributed by atoms with van der Waals surface area (Å²) in [6.07, 6.45) is 3.31. The largest absolute Gasteiger partial charge is 0.384 e. The number of carbonyl (C=O) groups excluding carboxylic acids is 1. The fourth-order valence-corrected chi connectivity index (χ4v) is 4.50. The summed E-state index contributed by atoms with van der Waals surface area (Å²) in [7, 11) is 2.92. The molecule has 12 heteroatoms. The van der Waals surface area contributed by atoms with E-state index in [0.717, 1.165) is 27.5 Å². The van der Waals surface area contributed by atoms with Crippen LogP contribution in [0.1, 0.15) is 15.9 Å². The van der Waals surface area contributed by atoms with Gasteiger partial charge < -0.3 is 10.5 Å². The van der Waals surface area contributed by atoms with Crippen molar-refractivity contribution in [2.75, 3.05) is 25.2 Å². The second-order valence-electron chi connectivity index (χ2n) is 7.88. The summed E-state index contributed by atoms with van der Waals surface area (Å²) in [6.45, 7) is 1.01. The number of ether oxygens (including phenoxy) is 1. The Balaban J connectivity index is 1.63. The van der Waals surface area contributed by atoms with Crippen LogP contribution < -0.4 is 17.0 Å². The molecule has 0 saturated heterocycles. The lowest BCUT2D eigenvalue weighted by molar-refractivity contribution is 0.102. The molecule has 36 heavy (non-hydrogen) atoms. The van der Waals surface area contributed by atoms with Gasteiger partial charge in [-0.25, -0.2) is 4.79 Å². The van der Waals surface area contributed by atoms with E-state index in [1.165, 1.54) is 11.6 Å². The second-order valence-corrected chi connectivity index (χ2v) is 8.82. The predicted molar refractivity (Wildman–Crippen MR) is 136 cm³/mol. The normalized spacial score (nSPS) is 11.1. The number of thioether (sulfide) groups is 1. The summed E-state index contributed by atoms with van der Waals surface area (Å²) >= 11 is 1.13. The van der Waals surface area contributed by atoms with Crippen LogP contribution in [0.3, 0.4) is 0 Å². The van der Waals surface area contributed by atoms with Crippen molar-refractivity contribution >= 4 is 23.4 Å². The first kappa shape index (κ1) is 25.1. The highest BCUT2D eigenvalue weighted by Gasteiger charge is 2.23. The number of methoxy groups -OCH3 is 1. The number of Topliss-reactive ketones (excluding diaryl/α,β-unsaturated/α-hetero) is 1. The molecule has 0 saturated carbocycles. The smallest absolute Gasteiger partial charge is 0.332 e. The molecule has 0 fully saturated rings. The molecule has 3 aromatic heterocycles. The summed E-state index contributed by atoms with van der Waals surface area (Å²) in [5.74, 6) is -0.177. The van der Waals surface area contributed by atoms with Crippen LogP contribution in [0.4, 0.5) is 5.82 Å². The third-order valence-electron chi connectivity index (χ3n) is 5.55. The number of benzene rings is 1. The minimum Gasteiger partial charge on any atom is -0.384 e. The maximum Gasteiger partial charge on any atom is 0.332 e. The number of hydrogen-bond donors (Lipinski definition) is 1. The van der Waals surface area contributed by atoms with Crippen molar-refractivity contribution in [2.45, 2.75) is 18.2 Å². The molecule has 1 aromatic carbocycles. The minimum atomic E-state index is -0.731. The quantitative estimate of drug-likeness (QED) is 0.249. The van der Waals surface area contributed by atoms with Crippen LogP contribution in [-0.2, 0) is 24.9 Å². The molecule has 4 rings (SSSR count). The number of rotatable bonds is 10. The maximum absolute atomic E-state index is 13.2. The highest BCUT2D eigenvalue weighted by atomic mass is 32.2. The zero-order chi connectivity index (χ0) is 25.7. The molecule has 0 atom stereocenters. The van der Waals surface area contributed by atoms with Crippen LogP contribution in [0.2, 0.25) is 0 Å². The van der Waals surface area contributed by atoms with Crippen LogP contribution in [0.25, 0.3) is 11.4 Å². The monoisotopic (exact) mass is 507 g/mol. The highest BCUT2D eigenvalue weighted by molar-refractivity contribution is 7.99. The first-order chi connectivity index (χ1) is 17.4. The van der Waals surface area contributed by atoms with Crippen LogP contribution >= 0.6 is 11.8 Å². The number of anilines is 1. The fourth-order valence-electron chi connectivity index (χ4n) is 3.66. The Morgan fingerprint density at radius 3 is 2.47 bits per heavy atom. The Morgan fingerprint density at radius 2 is 1.78 bits per heavy atom. The molecule has 0 spiro atoms. The lowest BCUT2D eigenvalue weighted by Gasteiger charge is -2.15. The second kappa shape index (κ2) is 11.1. The lowest BCUT2D eigenvalue weighted by atomic mass is 10.2. The predicted octanol–water partition coefficient (Wildman–Crippen LogP) is 1.45. The third kappa shape index (κ3) is 5.14. The SMILES string of the molecule is COCCn1c(SCC(=O)c2c(N)n(Cc3ccccc3)c(=O)n(C)c2=O)nnc1-c1ccncc1. The summed E-state index contributed by atoms with van der Waals surface area (Å²) in [6, 6.07) is 12.8. The summed E-state index contributed by atoms with van der Waals surface area (Å²) in [4.78, 5) is 42.8. The van der Waals surface area contributed by atoms with E-state index in [0.29, 0.717) is 24.1 Å². The third-order valence-corrected chi connectivity index (χ3v) is 6.52. The average molecular weight is 508 g/mol. The van der Waals surface area contributed by atoms with Gasteiger partial charge in [-0.1, -0.05) is 42.1 Å². The van der Waals surface area contributed by atoms with Gasteiger partial charge in [-0.15, -0.1) is 10.2 Å². The van der Waals surface area contributed by atoms with Crippen molar-refractivity contribution in [3.05, 3.63) is 86.8 Å². The first-order valence-electron chi connectivity index (χ1n) is 11.0. The van der Waals surface area contributed by atoms with Gasteiger partial charge in [0.05, 0.1) is 25.4 Å². The standard InChI is InChI=1S/C24H25N7O4S/c1-29-22(33)19(20(25)31(24(29)34)14-16-6-4-3-5-7-16)18(32)15-36-23-28-27-21(30(23)12-13-35-2)17-8-10-26-11-9-17/h3-11H,12-15,25H2,1-2H3. The number of ketones is 1. The van der Waals surface area contributed by atoms with E-state index in [9.17, 15) is 14.4 Å². The summed E-state index contributed by atoms with van der Waals surface area (Å²) in [5.41, 5.74) is 6.30. The molecule has 11 nitrogen and oxygen atoms in total. The van der Waals surface area contributed by atoms with E-state index >= 15 is 0 Å². The number of nitrogen functional groups attached to an aromatic ring is 1. The van der Waals surface area contributed by atoms with Crippen molar-refractivity contribution in [1.29, 1.82) is 0 Å². The number of hydrogen-bond acceptors (Lipinski definition) is 9. The molecule has 2 N–H and O–H groups in total. The molecule has 0 bridgehead atoms. The molecular formula is C24H25N7O4S. The van der Waals surface area contributed by atoms with E-state index in [4.69, 9.17) is 10.5 Å². The number of pyridine rings is 1. The van der Waals surface area contributed by atoms with Crippen LogP contribution in [-0.4, -0.2) is 54.1 Å². The van der Waals surface area contributed by atoms with E-state index in [1.807, 2.05) is 47.0 Å². The molecule has 186 valence electrons. The van der Waals surface area contributed by atoms with Gasteiger partial charge in [0.15, 0.2) is 16.8 Å². The van der Waals surface area contributed by atoms with Crippen molar-refractivity contribution in [3.8, 4) is 11.4 Å². The Kier molecular flexibility index (Phi) is 7.76. The van der Waals surface area contributed by atoms with Gasteiger partial charge in [0.1, 0.15) is 11.4 Å². The van der Waals surface area contributed by atoms with Crippen LogP contribution in [0, 0.1) is 0 Å². The Labute approximate surface area is 210 Å². The van der Waals surface area contributed by atoms with Gasteiger partial charge in [-0.3, -0.25) is 28.3 Å². The van der Waals surface area contributed by atoms with Crippen molar-refractivity contribution in [1.82, 2.24) is 28.9 Å². The Hall–Kier alpha value is -4.03. The molecule has 3 heterocycles. The lowest BCUT2D eigenvalue weighted by Crippen LogP contribution is -2.43. The Morgan fingerprint density at radius 1 is 1.06 bits per heavy atom. The Bertz CT molecular complexity index is 1480.